The maximum absolute atomic E-state index is 13.4. The lowest BCUT2D eigenvalue weighted by molar-refractivity contribution is 0.104. The highest BCUT2D eigenvalue weighted by Gasteiger charge is 2.41. The zero-order chi connectivity index (χ0) is 21.5. The van der Waals surface area contributed by atoms with Gasteiger partial charge in [0.05, 0.1) is 12.2 Å². The van der Waals surface area contributed by atoms with Crippen LogP contribution in [0, 0.1) is 18.6 Å². The number of thiophene rings is 1. The molecule has 0 fully saturated rings. The van der Waals surface area contributed by atoms with Crippen LogP contribution in [0.4, 0.5) is 20.2 Å². The largest absolute Gasteiger partial charge is 0.360 e. The number of halogens is 2. The summed E-state index contributed by atoms with van der Waals surface area (Å²) in [6.45, 7) is 1.99. The molecule has 0 amide bonds. The van der Waals surface area contributed by atoms with Crippen molar-refractivity contribution >= 4 is 38.5 Å². The molecule has 4 rings (SSSR count). The number of anilines is 2. The monoisotopic (exact) mass is 446 g/mol. The molecule has 154 valence electrons. The van der Waals surface area contributed by atoms with Crippen LogP contribution < -0.4 is 9.62 Å². The number of carbonyl (C=O) groups is 1. The minimum absolute atomic E-state index is 0.0577. The quantitative estimate of drug-likeness (QED) is 0.584. The molecule has 5 nitrogen and oxygen atoms in total. The van der Waals surface area contributed by atoms with Crippen molar-refractivity contribution in [2.75, 3.05) is 9.62 Å². The number of benzene rings is 2. The van der Waals surface area contributed by atoms with Gasteiger partial charge in [-0.3, -0.25) is 9.10 Å². The molecule has 2 heterocycles. The van der Waals surface area contributed by atoms with Gasteiger partial charge in [-0.05, 0) is 36.1 Å². The number of Topliss-reactive ketones (excluding diaryl/α,β-unsaturated/α-hetero) is 1. The molecule has 30 heavy (non-hydrogen) atoms. The molecular weight excluding hydrogens is 430 g/mol. The molecule has 0 unspecified atom stereocenters. The first kappa shape index (κ1) is 20.2. The van der Waals surface area contributed by atoms with E-state index in [1.165, 1.54) is 10.4 Å². The van der Waals surface area contributed by atoms with E-state index in [9.17, 15) is 22.0 Å². The Bertz CT molecular complexity index is 1270. The highest BCUT2D eigenvalue weighted by Crippen LogP contribution is 2.39. The smallest absolute Gasteiger partial charge is 0.270 e. The molecule has 1 N–H and O–H groups in total. The number of allylic oxidation sites excluding steroid dienone is 1. The Labute approximate surface area is 176 Å². The van der Waals surface area contributed by atoms with Crippen molar-refractivity contribution in [3.8, 4) is 0 Å². The summed E-state index contributed by atoms with van der Waals surface area (Å²) in [5, 5.41) is 4.25. The second-order valence-electron chi connectivity index (χ2n) is 6.74. The molecule has 0 radical (unpaired) electrons. The van der Waals surface area contributed by atoms with Crippen molar-refractivity contribution in [2.45, 2.75) is 13.5 Å². The molecule has 1 aliphatic rings. The first-order chi connectivity index (χ1) is 14.3. The summed E-state index contributed by atoms with van der Waals surface area (Å²) in [5.41, 5.74) is 2.26. The predicted octanol–water partition coefficient (Wildman–Crippen LogP) is 4.82. The fourth-order valence-electron chi connectivity index (χ4n) is 3.05. The third-order valence-electron chi connectivity index (χ3n) is 4.65. The minimum Gasteiger partial charge on any atom is -0.360 e. The van der Waals surface area contributed by atoms with Gasteiger partial charge in [0.2, 0.25) is 5.78 Å². The molecule has 1 aromatic heterocycles. The Morgan fingerprint density at radius 1 is 1.07 bits per heavy atom. The lowest BCUT2D eigenvalue weighted by Crippen LogP contribution is -2.38. The summed E-state index contributed by atoms with van der Waals surface area (Å²) in [6.07, 6.45) is 1.02. The van der Waals surface area contributed by atoms with Crippen LogP contribution in [0.5, 0.6) is 0 Å². The Kier molecular flexibility index (Phi) is 5.17. The van der Waals surface area contributed by atoms with Gasteiger partial charge in [-0.1, -0.05) is 29.8 Å². The molecular formula is C21H16F2N2O3S2. The summed E-state index contributed by atoms with van der Waals surface area (Å²) in [5.74, 6) is -2.75. The van der Waals surface area contributed by atoms with Gasteiger partial charge >= 0.3 is 0 Å². The molecule has 3 aromatic rings. The zero-order valence-electron chi connectivity index (χ0n) is 15.7. The summed E-state index contributed by atoms with van der Waals surface area (Å²) in [6, 6.07) is 12.1. The molecule has 0 bridgehead atoms. The summed E-state index contributed by atoms with van der Waals surface area (Å²) in [4.78, 5) is 12.7. The van der Waals surface area contributed by atoms with Gasteiger partial charge in [0.15, 0.2) is 16.5 Å². The van der Waals surface area contributed by atoms with Crippen LogP contribution in [0.15, 0.2) is 65.0 Å². The van der Waals surface area contributed by atoms with Crippen LogP contribution >= 0.6 is 11.3 Å². The normalized spacial score (nSPS) is 16.6. The van der Waals surface area contributed by atoms with Gasteiger partial charge in [0.1, 0.15) is 4.88 Å². The van der Waals surface area contributed by atoms with Crippen molar-refractivity contribution in [1.29, 1.82) is 0 Å². The van der Waals surface area contributed by atoms with Crippen LogP contribution in [0.2, 0.25) is 0 Å². The van der Waals surface area contributed by atoms with E-state index in [4.69, 9.17) is 0 Å². The third-order valence-corrected chi connectivity index (χ3v) is 7.32. The van der Waals surface area contributed by atoms with Crippen LogP contribution in [0.1, 0.15) is 20.8 Å². The summed E-state index contributed by atoms with van der Waals surface area (Å²) in [7, 11) is -4.17. The van der Waals surface area contributed by atoms with Crippen LogP contribution in [0.3, 0.4) is 0 Å². The van der Waals surface area contributed by atoms with Crippen molar-refractivity contribution in [3.63, 3.8) is 0 Å². The average molecular weight is 447 g/mol. The van der Waals surface area contributed by atoms with Crippen molar-refractivity contribution in [3.05, 3.63) is 92.7 Å². The number of carbonyl (C=O) groups excluding carboxylic acids is 1. The van der Waals surface area contributed by atoms with E-state index in [0.29, 0.717) is 10.6 Å². The highest BCUT2D eigenvalue weighted by atomic mass is 32.2. The first-order valence-corrected chi connectivity index (χ1v) is 11.2. The Hall–Kier alpha value is -3.04. The van der Waals surface area contributed by atoms with E-state index in [-0.39, 0.29) is 12.2 Å². The van der Waals surface area contributed by atoms with Gasteiger partial charge in [0.25, 0.3) is 10.0 Å². The third kappa shape index (κ3) is 3.61. The van der Waals surface area contributed by atoms with Crippen LogP contribution in [-0.4, -0.2) is 14.2 Å². The second kappa shape index (κ2) is 7.66. The highest BCUT2D eigenvalue weighted by molar-refractivity contribution is 7.97. The van der Waals surface area contributed by atoms with E-state index in [1.54, 1.807) is 11.4 Å². The van der Waals surface area contributed by atoms with Gasteiger partial charge in [0, 0.05) is 18.0 Å². The molecule has 0 aliphatic carbocycles. The van der Waals surface area contributed by atoms with E-state index in [1.807, 2.05) is 31.2 Å². The lowest BCUT2D eigenvalue weighted by atomic mass is 10.1. The lowest BCUT2D eigenvalue weighted by Gasteiger charge is -2.29. The number of nitrogens with zero attached hydrogens (tertiary/aromatic N) is 1. The molecule has 1 aliphatic heterocycles. The first-order valence-electron chi connectivity index (χ1n) is 8.89. The summed E-state index contributed by atoms with van der Waals surface area (Å²) < 4.78 is 54.3. The Balaban J connectivity index is 1.73. The van der Waals surface area contributed by atoms with Crippen molar-refractivity contribution in [1.82, 2.24) is 0 Å². The van der Waals surface area contributed by atoms with E-state index >= 15 is 0 Å². The molecule has 0 saturated carbocycles. The predicted molar refractivity (Wildman–Crippen MR) is 113 cm³/mol. The van der Waals surface area contributed by atoms with Gasteiger partial charge in [-0.15, -0.1) is 11.3 Å². The molecule has 0 atom stereocenters. The molecule has 2 aromatic carbocycles. The van der Waals surface area contributed by atoms with Crippen LogP contribution in [0.25, 0.3) is 0 Å². The van der Waals surface area contributed by atoms with Gasteiger partial charge in [-0.25, -0.2) is 17.2 Å². The maximum Gasteiger partial charge on any atom is 0.270 e. The average Bonchev–Trinajstić information content (AvgIpc) is 3.19. The number of aryl methyl sites for hydroxylation is 1. The number of sulfonamides is 1. The maximum atomic E-state index is 13.4. The topological polar surface area (TPSA) is 66.5 Å². The molecule has 0 saturated heterocycles. The van der Waals surface area contributed by atoms with Crippen molar-refractivity contribution in [2.24, 2.45) is 0 Å². The van der Waals surface area contributed by atoms with Gasteiger partial charge < -0.3 is 5.32 Å². The fourth-order valence-corrected chi connectivity index (χ4v) is 5.53. The number of nitrogens with one attached hydrogen (secondary N) is 1. The number of hydrogen-bond acceptors (Lipinski definition) is 5. The number of hydrogen-bond donors (Lipinski definition) is 1. The second-order valence-corrected chi connectivity index (χ2v) is 9.49. The van der Waals surface area contributed by atoms with Gasteiger partial charge in [-0.2, -0.15) is 0 Å². The van der Waals surface area contributed by atoms with E-state index < -0.39 is 32.3 Å². The minimum atomic E-state index is -4.17. The fraction of sp³-hybridized carbons (Fsp3) is 0.0952. The van der Waals surface area contributed by atoms with Crippen LogP contribution in [-0.2, 0) is 16.6 Å². The number of fused-ring (bicyclic) bond motifs is 1. The number of ketones is 1. The van der Waals surface area contributed by atoms with E-state index in [2.05, 4.69) is 5.32 Å². The Morgan fingerprint density at radius 2 is 1.80 bits per heavy atom. The number of rotatable bonds is 4. The summed E-state index contributed by atoms with van der Waals surface area (Å²) >= 11 is 1.15. The molecule has 9 heteroatoms. The zero-order valence-corrected chi connectivity index (χ0v) is 17.4. The SMILES string of the molecule is Cc1ccc(CN2c3ccsc3C(=O)/C(=C/Nc3ccc(F)c(F)c3)S2(=O)=O)cc1. The van der Waals surface area contributed by atoms with E-state index in [0.717, 1.165) is 40.8 Å². The molecule has 0 spiro atoms. The Morgan fingerprint density at radius 3 is 2.50 bits per heavy atom. The standard InChI is InChI=1S/C21H16F2N2O3S2/c1-13-2-4-14(5-3-13)12-25-18-8-9-29-21(18)20(26)19(30(25,27)28)11-24-15-6-7-16(22)17(23)10-15/h2-11,24H,12H2,1H3/b19-11-. The van der Waals surface area contributed by atoms with Crippen molar-refractivity contribution < 1.29 is 22.0 Å².